The Morgan fingerprint density at radius 2 is 2.33 bits per heavy atom. The van der Waals surface area contributed by atoms with Crippen LogP contribution in [0.25, 0.3) is 0 Å². The summed E-state index contributed by atoms with van der Waals surface area (Å²) >= 11 is 0. The smallest absolute Gasteiger partial charge is 0.148 e. The Morgan fingerprint density at radius 1 is 1.39 bits per heavy atom. The number of hydrogen-bond donors (Lipinski definition) is 2. The highest BCUT2D eigenvalue weighted by Crippen LogP contribution is 2.19. The minimum absolute atomic E-state index is 0.847. The molecule has 0 fully saturated rings. The second kappa shape index (κ2) is 4.82. The summed E-state index contributed by atoms with van der Waals surface area (Å²) < 4.78 is 1.81. The van der Waals surface area contributed by atoms with Crippen molar-refractivity contribution in [3.05, 3.63) is 47.2 Å². The third-order valence-electron chi connectivity index (χ3n) is 3.41. The summed E-state index contributed by atoms with van der Waals surface area (Å²) in [6.07, 6.45) is 3.07. The van der Waals surface area contributed by atoms with Gasteiger partial charge in [0.25, 0.3) is 0 Å². The van der Waals surface area contributed by atoms with Crippen LogP contribution >= 0.6 is 0 Å². The summed E-state index contributed by atoms with van der Waals surface area (Å²) in [5.74, 6) is 0.934. The molecule has 0 spiro atoms. The van der Waals surface area contributed by atoms with E-state index in [-0.39, 0.29) is 0 Å². The predicted molar refractivity (Wildman–Crippen MR) is 72.4 cm³/mol. The molecular weight excluding hydrogens is 224 g/mol. The van der Waals surface area contributed by atoms with Gasteiger partial charge in [0.15, 0.2) is 0 Å². The van der Waals surface area contributed by atoms with Crippen LogP contribution in [0.3, 0.4) is 0 Å². The van der Waals surface area contributed by atoms with E-state index in [0.29, 0.717) is 0 Å². The van der Waals surface area contributed by atoms with Crippen molar-refractivity contribution in [1.29, 1.82) is 0 Å². The number of nitrogens with zero attached hydrogens (tertiary/aromatic N) is 2. The van der Waals surface area contributed by atoms with Gasteiger partial charge in [0.2, 0.25) is 0 Å². The van der Waals surface area contributed by atoms with Crippen molar-refractivity contribution in [2.75, 3.05) is 11.9 Å². The molecule has 1 aliphatic rings. The predicted octanol–water partition coefficient (Wildman–Crippen LogP) is 1.68. The number of fused-ring (bicyclic) bond motifs is 1. The van der Waals surface area contributed by atoms with Gasteiger partial charge < -0.3 is 10.6 Å². The number of rotatable bonds is 3. The van der Waals surface area contributed by atoms with Gasteiger partial charge in [-0.2, -0.15) is 5.10 Å². The molecule has 2 aromatic rings. The van der Waals surface area contributed by atoms with Gasteiger partial charge >= 0.3 is 0 Å². The number of anilines is 1. The van der Waals surface area contributed by atoms with E-state index in [1.807, 2.05) is 24.0 Å². The van der Waals surface area contributed by atoms with Gasteiger partial charge in [-0.1, -0.05) is 18.2 Å². The Morgan fingerprint density at radius 3 is 3.17 bits per heavy atom. The molecule has 2 heterocycles. The van der Waals surface area contributed by atoms with E-state index in [9.17, 15) is 0 Å². The Bertz CT molecular complexity index is 544. The van der Waals surface area contributed by atoms with E-state index in [4.69, 9.17) is 0 Å². The monoisotopic (exact) mass is 242 g/mol. The number of benzene rings is 1. The summed E-state index contributed by atoms with van der Waals surface area (Å²) in [6, 6.07) is 8.56. The van der Waals surface area contributed by atoms with Gasteiger partial charge in [-0.3, -0.25) is 4.68 Å². The summed E-state index contributed by atoms with van der Waals surface area (Å²) in [5, 5.41) is 11.1. The number of aromatic nitrogens is 2. The van der Waals surface area contributed by atoms with Crippen LogP contribution in [-0.2, 0) is 26.6 Å². The molecule has 1 aliphatic heterocycles. The standard InChI is InChI=1S/C14H18N4/c1-18-8-6-14(17-18)16-10-12-4-2-3-11-9-15-7-5-13(11)12/h2-4,6,8,15H,5,7,9-10H2,1H3,(H,16,17). The third kappa shape index (κ3) is 2.24. The molecule has 0 atom stereocenters. The van der Waals surface area contributed by atoms with Crippen LogP contribution in [0.1, 0.15) is 16.7 Å². The minimum atomic E-state index is 0.847. The van der Waals surface area contributed by atoms with E-state index < -0.39 is 0 Å². The van der Waals surface area contributed by atoms with Crippen molar-refractivity contribution >= 4 is 5.82 Å². The molecule has 0 unspecified atom stereocenters. The highest BCUT2D eigenvalue weighted by atomic mass is 15.3. The molecule has 1 aromatic carbocycles. The quantitative estimate of drug-likeness (QED) is 0.860. The summed E-state index contributed by atoms with van der Waals surface area (Å²) in [7, 11) is 1.93. The molecule has 18 heavy (non-hydrogen) atoms. The molecule has 1 aromatic heterocycles. The van der Waals surface area contributed by atoms with E-state index in [0.717, 1.165) is 31.9 Å². The van der Waals surface area contributed by atoms with Crippen molar-refractivity contribution in [2.24, 2.45) is 7.05 Å². The molecule has 0 bridgehead atoms. The number of nitrogens with one attached hydrogen (secondary N) is 2. The van der Waals surface area contributed by atoms with Crippen molar-refractivity contribution in [2.45, 2.75) is 19.5 Å². The fourth-order valence-electron chi connectivity index (χ4n) is 2.47. The topological polar surface area (TPSA) is 41.9 Å². The highest BCUT2D eigenvalue weighted by molar-refractivity contribution is 5.40. The average Bonchev–Trinajstić information content (AvgIpc) is 2.82. The first-order valence-electron chi connectivity index (χ1n) is 6.37. The van der Waals surface area contributed by atoms with Gasteiger partial charge in [0.1, 0.15) is 5.82 Å². The van der Waals surface area contributed by atoms with E-state index >= 15 is 0 Å². The van der Waals surface area contributed by atoms with Gasteiger partial charge in [0.05, 0.1) is 0 Å². The maximum absolute atomic E-state index is 4.33. The van der Waals surface area contributed by atoms with E-state index in [1.165, 1.54) is 16.7 Å². The van der Waals surface area contributed by atoms with Crippen LogP contribution in [0.2, 0.25) is 0 Å². The maximum Gasteiger partial charge on any atom is 0.148 e. The third-order valence-corrected chi connectivity index (χ3v) is 3.41. The fraction of sp³-hybridized carbons (Fsp3) is 0.357. The molecule has 0 aliphatic carbocycles. The summed E-state index contributed by atoms with van der Waals surface area (Å²) in [5.41, 5.74) is 4.32. The molecule has 4 nitrogen and oxygen atoms in total. The highest BCUT2D eigenvalue weighted by Gasteiger charge is 2.12. The molecule has 0 amide bonds. The molecule has 4 heteroatoms. The second-order valence-electron chi connectivity index (χ2n) is 4.71. The molecule has 0 saturated heterocycles. The Labute approximate surface area is 107 Å². The number of aryl methyl sites for hydroxylation is 1. The number of hydrogen-bond acceptors (Lipinski definition) is 3. The van der Waals surface area contributed by atoms with Crippen LogP contribution in [-0.4, -0.2) is 16.3 Å². The Hall–Kier alpha value is -1.81. The summed E-state index contributed by atoms with van der Waals surface area (Å²) in [4.78, 5) is 0. The lowest BCUT2D eigenvalue weighted by Crippen LogP contribution is -2.25. The van der Waals surface area contributed by atoms with Crippen LogP contribution < -0.4 is 10.6 Å². The molecule has 3 rings (SSSR count). The van der Waals surface area contributed by atoms with Crippen LogP contribution in [0.4, 0.5) is 5.82 Å². The molecule has 0 saturated carbocycles. The first-order chi connectivity index (χ1) is 8.83. The lowest BCUT2D eigenvalue weighted by molar-refractivity contribution is 0.639. The van der Waals surface area contributed by atoms with Crippen LogP contribution in [0.15, 0.2) is 30.5 Å². The normalized spacial score (nSPS) is 14.3. The molecule has 2 N–H and O–H groups in total. The maximum atomic E-state index is 4.33. The second-order valence-corrected chi connectivity index (χ2v) is 4.71. The molecule has 94 valence electrons. The van der Waals surface area contributed by atoms with Crippen molar-refractivity contribution < 1.29 is 0 Å². The Kier molecular flexibility index (Phi) is 3.02. The van der Waals surface area contributed by atoms with Crippen molar-refractivity contribution in [1.82, 2.24) is 15.1 Å². The molecule has 0 radical (unpaired) electrons. The van der Waals surface area contributed by atoms with Crippen molar-refractivity contribution in [3.8, 4) is 0 Å². The first kappa shape index (κ1) is 11.3. The fourth-order valence-corrected chi connectivity index (χ4v) is 2.47. The lowest BCUT2D eigenvalue weighted by Gasteiger charge is -2.20. The minimum Gasteiger partial charge on any atom is -0.365 e. The zero-order valence-electron chi connectivity index (χ0n) is 10.6. The zero-order valence-corrected chi connectivity index (χ0v) is 10.6. The molecular formula is C14H18N4. The van der Waals surface area contributed by atoms with Crippen molar-refractivity contribution in [3.63, 3.8) is 0 Å². The largest absolute Gasteiger partial charge is 0.365 e. The zero-order chi connectivity index (χ0) is 12.4. The van der Waals surface area contributed by atoms with Gasteiger partial charge in [-0.05, 0) is 29.7 Å². The van der Waals surface area contributed by atoms with E-state index in [1.54, 1.807) is 0 Å². The SMILES string of the molecule is Cn1ccc(NCc2cccc3c2CCNC3)n1. The van der Waals surface area contributed by atoms with Crippen LogP contribution in [0.5, 0.6) is 0 Å². The van der Waals surface area contributed by atoms with Gasteiger partial charge in [0, 0.05) is 32.4 Å². The van der Waals surface area contributed by atoms with Gasteiger partial charge in [-0.25, -0.2) is 0 Å². The van der Waals surface area contributed by atoms with E-state index in [2.05, 4.69) is 33.9 Å². The summed E-state index contributed by atoms with van der Waals surface area (Å²) in [6.45, 7) is 2.92. The lowest BCUT2D eigenvalue weighted by atomic mass is 9.95. The average molecular weight is 242 g/mol. The van der Waals surface area contributed by atoms with Gasteiger partial charge in [-0.15, -0.1) is 0 Å². The first-order valence-corrected chi connectivity index (χ1v) is 6.37. The van der Waals surface area contributed by atoms with Crippen LogP contribution in [0, 0.1) is 0 Å². The Balaban J connectivity index is 1.76.